The van der Waals surface area contributed by atoms with Crippen LogP contribution in [-0.4, -0.2) is 59.5 Å². The number of methoxy groups -OCH3 is 1. The predicted octanol–water partition coefficient (Wildman–Crippen LogP) is 2.43. The lowest BCUT2D eigenvalue weighted by molar-refractivity contribution is -0.136. The summed E-state index contributed by atoms with van der Waals surface area (Å²) in [4.78, 5) is 31.4. The molecule has 1 unspecified atom stereocenters. The van der Waals surface area contributed by atoms with E-state index >= 15 is 0 Å². The van der Waals surface area contributed by atoms with Crippen LogP contribution >= 0.6 is 11.8 Å². The number of carbonyl (C=O) groups excluding carboxylic acids is 2. The van der Waals surface area contributed by atoms with Crippen LogP contribution in [-0.2, 0) is 14.3 Å². The number of piperidine rings is 1. The molecule has 0 aromatic rings. The lowest BCUT2D eigenvalue weighted by Gasteiger charge is -2.34. The summed E-state index contributed by atoms with van der Waals surface area (Å²) in [5, 5.41) is 3.90. The number of likely N-dealkylation sites (tertiary alicyclic amines) is 1. The van der Waals surface area contributed by atoms with E-state index < -0.39 is 4.75 Å². The monoisotopic (exact) mass is 393 g/mol. The molecule has 0 aromatic heterocycles. The van der Waals surface area contributed by atoms with Gasteiger partial charge in [-0.05, 0) is 63.2 Å². The molecule has 0 aromatic carbocycles. The molecule has 2 bridgehead atoms. The van der Waals surface area contributed by atoms with Gasteiger partial charge in [-0.15, -0.1) is 0 Å². The molecule has 150 valence electrons. The van der Waals surface area contributed by atoms with E-state index in [0.717, 1.165) is 49.4 Å². The Morgan fingerprint density at radius 1 is 1.30 bits per heavy atom. The fourth-order valence-electron chi connectivity index (χ4n) is 5.38. The van der Waals surface area contributed by atoms with Crippen LogP contribution in [0, 0.1) is 17.8 Å². The first-order chi connectivity index (χ1) is 13.0. The molecular weight excluding hydrogens is 362 g/mol. The van der Waals surface area contributed by atoms with E-state index in [9.17, 15) is 9.59 Å². The Bertz CT molecular complexity index is 632. The summed E-state index contributed by atoms with van der Waals surface area (Å²) in [5.74, 6) is 2.24. The number of aliphatic imine (C=N–C) groups is 1. The smallest absolute Gasteiger partial charge is 0.248 e. The first-order valence-electron chi connectivity index (χ1n) is 10.3. The van der Waals surface area contributed by atoms with E-state index in [-0.39, 0.29) is 18.4 Å². The first-order valence-corrected chi connectivity index (χ1v) is 11.1. The Morgan fingerprint density at radius 3 is 2.70 bits per heavy atom. The van der Waals surface area contributed by atoms with E-state index in [2.05, 4.69) is 12.2 Å². The van der Waals surface area contributed by atoms with Gasteiger partial charge in [-0.2, -0.15) is 0 Å². The number of nitrogens with zero attached hydrogens (tertiary/aromatic N) is 2. The molecule has 2 aliphatic heterocycles. The van der Waals surface area contributed by atoms with Crippen LogP contribution in [0.25, 0.3) is 0 Å². The topological polar surface area (TPSA) is 71.0 Å². The summed E-state index contributed by atoms with van der Waals surface area (Å²) in [6, 6.07) is 0.420. The molecule has 4 fully saturated rings. The van der Waals surface area contributed by atoms with Crippen LogP contribution in [0.4, 0.5) is 0 Å². The van der Waals surface area contributed by atoms with Gasteiger partial charge in [0.2, 0.25) is 11.8 Å². The maximum Gasteiger partial charge on any atom is 0.248 e. The zero-order chi connectivity index (χ0) is 19.0. The minimum atomic E-state index is -0.431. The molecule has 6 nitrogen and oxygen atoms in total. The van der Waals surface area contributed by atoms with Crippen molar-refractivity contribution < 1.29 is 14.3 Å². The molecule has 2 saturated carbocycles. The highest BCUT2D eigenvalue weighted by Gasteiger charge is 2.46. The van der Waals surface area contributed by atoms with Crippen LogP contribution in [0.5, 0.6) is 0 Å². The van der Waals surface area contributed by atoms with E-state index in [1.807, 2.05) is 4.90 Å². The number of rotatable bonds is 5. The Hall–Kier alpha value is -1.08. The highest BCUT2D eigenvalue weighted by molar-refractivity contribution is 8.16. The van der Waals surface area contributed by atoms with E-state index in [1.54, 1.807) is 18.9 Å². The normalized spacial score (nSPS) is 38.0. The van der Waals surface area contributed by atoms with Crippen LogP contribution in [0.2, 0.25) is 0 Å². The molecule has 7 heteroatoms. The van der Waals surface area contributed by atoms with Crippen molar-refractivity contribution >= 4 is 28.7 Å². The van der Waals surface area contributed by atoms with Gasteiger partial charge in [0.1, 0.15) is 6.61 Å². The van der Waals surface area contributed by atoms with Gasteiger partial charge < -0.3 is 15.0 Å². The number of ether oxygens (including phenoxy) is 1. The second-order valence-electron chi connectivity index (χ2n) is 8.92. The third kappa shape index (κ3) is 4.04. The quantitative estimate of drug-likeness (QED) is 0.779. The molecule has 4 aliphatic rings. The molecule has 1 N–H and O–H groups in total. The number of thioether (sulfide) groups is 1. The van der Waals surface area contributed by atoms with Crippen molar-refractivity contribution in [1.82, 2.24) is 10.2 Å². The molecule has 27 heavy (non-hydrogen) atoms. The molecule has 2 saturated heterocycles. The predicted molar refractivity (Wildman–Crippen MR) is 107 cm³/mol. The number of amides is 2. The van der Waals surface area contributed by atoms with Crippen LogP contribution < -0.4 is 5.32 Å². The highest BCUT2D eigenvalue weighted by Crippen LogP contribution is 2.47. The number of hydrogen-bond donors (Lipinski definition) is 1. The van der Waals surface area contributed by atoms with Crippen molar-refractivity contribution in [1.29, 1.82) is 0 Å². The number of carbonyl (C=O) groups is 2. The number of hydrogen-bond acceptors (Lipinski definition) is 5. The van der Waals surface area contributed by atoms with Crippen molar-refractivity contribution in [2.75, 3.05) is 26.8 Å². The summed E-state index contributed by atoms with van der Waals surface area (Å²) in [6.45, 7) is 3.74. The van der Waals surface area contributed by atoms with Gasteiger partial charge in [-0.3, -0.25) is 14.6 Å². The van der Waals surface area contributed by atoms with Gasteiger partial charge >= 0.3 is 0 Å². The maximum atomic E-state index is 12.7. The van der Waals surface area contributed by atoms with Crippen molar-refractivity contribution in [3.05, 3.63) is 0 Å². The van der Waals surface area contributed by atoms with Gasteiger partial charge in [0.25, 0.3) is 0 Å². The zero-order valence-corrected chi connectivity index (χ0v) is 17.2. The van der Waals surface area contributed by atoms with Crippen molar-refractivity contribution in [3.63, 3.8) is 0 Å². The van der Waals surface area contributed by atoms with Crippen LogP contribution in [0.3, 0.4) is 0 Å². The summed E-state index contributed by atoms with van der Waals surface area (Å²) in [5.41, 5.74) is 0. The molecule has 2 heterocycles. The molecule has 0 radical (unpaired) electrons. The summed E-state index contributed by atoms with van der Waals surface area (Å²) in [7, 11) is 1.55. The summed E-state index contributed by atoms with van der Waals surface area (Å²) >= 11 is 1.63. The fourth-order valence-corrected chi connectivity index (χ4v) is 6.60. The van der Waals surface area contributed by atoms with Gasteiger partial charge in [0, 0.05) is 20.2 Å². The number of nitrogens with one attached hydrogen (secondary N) is 1. The van der Waals surface area contributed by atoms with Crippen molar-refractivity contribution in [3.8, 4) is 0 Å². The third-order valence-corrected chi connectivity index (χ3v) is 8.12. The number of amidine groups is 1. The van der Waals surface area contributed by atoms with Crippen molar-refractivity contribution in [2.24, 2.45) is 22.7 Å². The zero-order valence-electron chi connectivity index (χ0n) is 16.4. The largest absolute Gasteiger partial charge is 0.375 e. The minimum absolute atomic E-state index is 0.0652. The first kappa shape index (κ1) is 19.2. The molecule has 4 rings (SSSR count). The lowest BCUT2D eigenvalue weighted by Crippen LogP contribution is -2.42. The third-order valence-electron chi connectivity index (χ3n) is 6.92. The fraction of sp³-hybridized carbons (Fsp3) is 0.850. The van der Waals surface area contributed by atoms with E-state index in [4.69, 9.17) is 9.73 Å². The highest BCUT2D eigenvalue weighted by atomic mass is 32.2. The average molecular weight is 394 g/mol. The second kappa shape index (κ2) is 7.74. The van der Waals surface area contributed by atoms with Gasteiger partial charge in [-0.25, -0.2) is 0 Å². The van der Waals surface area contributed by atoms with Crippen LogP contribution in [0.1, 0.15) is 51.9 Å². The Labute approximate surface area is 165 Å². The van der Waals surface area contributed by atoms with Crippen molar-refractivity contribution in [2.45, 2.75) is 62.7 Å². The van der Waals surface area contributed by atoms with Gasteiger partial charge in [0.05, 0.1) is 10.8 Å². The molecular formula is C20H31N3O3S. The van der Waals surface area contributed by atoms with Crippen LogP contribution in [0.15, 0.2) is 4.99 Å². The van der Waals surface area contributed by atoms with Gasteiger partial charge in [0.15, 0.2) is 5.17 Å². The number of fused-ring (bicyclic) bond motifs is 2. The SMILES string of the molecule is COCC(=O)N1CCC(CC2(C)SC(=N[C@H]3C[C@@H]4CC[C@H]3C4)NC2=O)CC1. The maximum absolute atomic E-state index is 12.7. The minimum Gasteiger partial charge on any atom is -0.375 e. The Kier molecular flexibility index (Phi) is 5.52. The lowest BCUT2D eigenvalue weighted by atomic mass is 9.87. The van der Waals surface area contributed by atoms with E-state index in [1.165, 1.54) is 25.7 Å². The van der Waals surface area contributed by atoms with E-state index in [0.29, 0.717) is 12.0 Å². The molecule has 2 amide bonds. The summed E-state index contributed by atoms with van der Waals surface area (Å²) < 4.78 is 4.51. The molecule has 0 spiro atoms. The molecule has 4 atom stereocenters. The average Bonchev–Trinajstić information content (AvgIpc) is 3.31. The Balaban J connectivity index is 1.31. The second-order valence-corrected chi connectivity index (χ2v) is 10.4. The summed E-state index contributed by atoms with van der Waals surface area (Å²) in [6.07, 6.45) is 7.98. The Morgan fingerprint density at radius 2 is 2.07 bits per heavy atom. The standard InChI is InChI=1S/C20H31N3O3S/c1-20(11-13-5-7-23(8-6-13)17(24)12-26-2)18(25)22-19(27-20)21-16-10-14-3-4-15(16)9-14/h13-16H,3-12H2,1-2H3,(H,21,22,25)/t14-,15+,16+,20?/m1/s1. The molecule has 2 aliphatic carbocycles. The van der Waals surface area contributed by atoms with Gasteiger partial charge in [-0.1, -0.05) is 18.2 Å².